The molecule has 88 valence electrons. The molecule has 2 rings (SSSR count). The van der Waals surface area contributed by atoms with Crippen molar-refractivity contribution in [1.82, 2.24) is 9.78 Å². The highest BCUT2D eigenvalue weighted by Gasteiger charge is 2.13. The van der Waals surface area contributed by atoms with Crippen molar-refractivity contribution in [1.29, 1.82) is 0 Å². The summed E-state index contributed by atoms with van der Waals surface area (Å²) in [5.41, 5.74) is 2.51. The van der Waals surface area contributed by atoms with Gasteiger partial charge in [-0.15, -0.1) is 0 Å². The fraction of sp³-hybridized carbons (Fsp3) is 0.231. The number of nitrogens with zero attached hydrogens (tertiary/aromatic N) is 2. The minimum absolute atomic E-state index is 0.0761. The second kappa shape index (κ2) is 4.13. The number of carbonyl (C=O) groups excluding carboxylic acids is 1. The third kappa shape index (κ3) is 1.98. The zero-order valence-electron chi connectivity index (χ0n) is 9.99. The summed E-state index contributed by atoms with van der Waals surface area (Å²) in [7, 11) is 1.80. The fourth-order valence-corrected chi connectivity index (χ4v) is 1.71. The van der Waals surface area contributed by atoms with Crippen molar-refractivity contribution in [2.45, 2.75) is 13.8 Å². The highest BCUT2D eigenvalue weighted by atomic mass is 19.1. The van der Waals surface area contributed by atoms with E-state index in [-0.39, 0.29) is 11.6 Å². The maximum Gasteiger partial charge on any atom is 0.159 e. The predicted molar refractivity (Wildman–Crippen MR) is 63.3 cm³/mol. The van der Waals surface area contributed by atoms with E-state index in [1.165, 1.54) is 19.1 Å². The van der Waals surface area contributed by atoms with E-state index >= 15 is 0 Å². The number of benzene rings is 1. The van der Waals surface area contributed by atoms with Crippen molar-refractivity contribution in [3.63, 3.8) is 0 Å². The van der Waals surface area contributed by atoms with Crippen LogP contribution in [0.3, 0.4) is 0 Å². The summed E-state index contributed by atoms with van der Waals surface area (Å²) in [5.74, 6) is -0.418. The molecule has 0 aliphatic carbocycles. The molecule has 0 radical (unpaired) electrons. The molecule has 0 amide bonds. The Balaban J connectivity index is 2.62. The summed E-state index contributed by atoms with van der Waals surface area (Å²) < 4.78 is 15.4. The van der Waals surface area contributed by atoms with E-state index in [1.54, 1.807) is 24.0 Å². The van der Waals surface area contributed by atoms with Gasteiger partial charge in [0.15, 0.2) is 5.78 Å². The lowest BCUT2D eigenvalue weighted by molar-refractivity contribution is 0.101. The zero-order valence-corrected chi connectivity index (χ0v) is 9.99. The first-order valence-corrected chi connectivity index (χ1v) is 5.30. The lowest BCUT2D eigenvalue weighted by Crippen LogP contribution is -1.96. The average Bonchev–Trinajstić information content (AvgIpc) is 2.60. The van der Waals surface area contributed by atoms with Gasteiger partial charge in [0, 0.05) is 29.4 Å². The number of hydrogen-bond acceptors (Lipinski definition) is 2. The first-order chi connectivity index (χ1) is 8.00. The van der Waals surface area contributed by atoms with E-state index in [0.717, 1.165) is 5.69 Å². The molecule has 1 heterocycles. The molecule has 0 atom stereocenters. The van der Waals surface area contributed by atoms with Crippen LogP contribution in [0.4, 0.5) is 4.39 Å². The van der Waals surface area contributed by atoms with Gasteiger partial charge in [0.05, 0.1) is 6.20 Å². The number of hydrogen-bond donors (Lipinski definition) is 0. The quantitative estimate of drug-likeness (QED) is 0.746. The molecule has 0 aliphatic rings. The van der Waals surface area contributed by atoms with Crippen molar-refractivity contribution in [2.24, 2.45) is 7.05 Å². The third-order valence-corrected chi connectivity index (χ3v) is 2.90. The molecule has 2 aromatic rings. The standard InChI is InChI=1S/C13H13FN2O/c1-8-12(7-15-16(8)3)11-6-10(9(2)17)4-5-13(11)14/h4-7H,1-3H3. The first-order valence-electron chi connectivity index (χ1n) is 5.30. The van der Waals surface area contributed by atoms with Gasteiger partial charge in [-0.05, 0) is 32.0 Å². The smallest absolute Gasteiger partial charge is 0.159 e. The Labute approximate surface area is 98.9 Å². The number of aryl methyl sites for hydroxylation is 1. The van der Waals surface area contributed by atoms with Gasteiger partial charge in [-0.3, -0.25) is 9.48 Å². The van der Waals surface area contributed by atoms with Crippen LogP contribution in [0.15, 0.2) is 24.4 Å². The van der Waals surface area contributed by atoms with E-state index in [2.05, 4.69) is 5.10 Å². The van der Waals surface area contributed by atoms with E-state index in [9.17, 15) is 9.18 Å². The number of ketones is 1. The maximum absolute atomic E-state index is 13.8. The van der Waals surface area contributed by atoms with Crippen molar-refractivity contribution >= 4 is 5.78 Å². The zero-order chi connectivity index (χ0) is 12.6. The average molecular weight is 232 g/mol. The van der Waals surface area contributed by atoms with Crippen LogP contribution in [0.25, 0.3) is 11.1 Å². The van der Waals surface area contributed by atoms with E-state index < -0.39 is 0 Å². The van der Waals surface area contributed by atoms with Crippen molar-refractivity contribution in [3.05, 3.63) is 41.5 Å². The minimum Gasteiger partial charge on any atom is -0.295 e. The van der Waals surface area contributed by atoms with Crippen LogP contribution in [0.5, 0.6) is 0 Å². The SMILES string of the molecule is CC(=O)c1ccc(F)c(-c2cnn(C)c2C)c1. The van der Waals surface area contributed by atoms with Gasteiger partial charge in [-0.1, -0.05) is 0 Å². The number of rotatable bonds is 2. The maximum atomic E-state index is 13.8. The summed E-state index contributed by atoms with van der Waals surface area (Å²) in [6, 6.07) is 4.38. The third-order valence-electron chi connectivity index (χ3n) is 2.90. The minimum atomic E-state index is -0.342. The molecule has 0 N–H and O–H groups in total. The number of halogens is 1. The van der Waals surface area contributed by atoms with Crippen molar-refractivity contribution < 1.29 is 9.18 Å². The molecule has 17 heavy (non-hydrogen) atoms. The molecule has 0 spiro atoms. The number of Topliss-reactive ketones (excluding diaryl/α,β-unsaturated/α-hetero) is 1. The molecule has 1 aromatic heterocycles. The summed E-state index contributed by atoms with van der Waals surface area (Å²) >= 11 is 0. The molecular weight excluding hydrogens is 219 g/mol. The van der Waals surface area contributed by atoms with E-state index in [0.29, 0.717) is 16.7 Å². The van der Waals surface area contributed by atoms with Crippen LogP contribution in [-0.4, -0.2) is 15.6 Å². The van der Waals surface area contributed by atoms with Crippen LogP contribution >= 0.6 is 0 Å². The molecule has 0 unspecified atom stereocenters. The Kier molecular flexibility index (Phi) is 2.79. The highest BCUT2D eigenvalue weighted by Crippen LogP contribution is 2.26. The topological polar surface area (TPSA) is 34.9 Å². The van der Waals surface area contributed by atoms with Crippen molar-refractivity contribution in [3.8, 4) is 11.1 Å². The van der Waals surface area contributed by atoms with Gasteiger partial charge in [-0.25, -0.2) is 4.39 Å². The fourth-order valence-electron chi connectivity index (χ4n) is 1.71. The summed E-state index contributed by atoms with van der Waals surface area (Å²) in [6.45, 7) is 3.33. The van der Waals surface area contributed by atoms with Gasteiger partial charge in [-0.2, -0.15) is 5.10 Å². The molecule has 0 bridgehead atoms. The normalized spacial score (nSPS) is 10.6. The van der Waals surface area contributed by atoms with Gasteiger partial charge in [0.1, 0.15) is 5.82 Å². The summed E-state index contributed by atoms with van der Waals surface area (Å²) in [6.07, 6.45) is 1.61. The van der Waals surface area contributed by atoms with Crippen LogP contribution in [0, 0.1) is 12.7 Å². The molecule has 0 fully saturated rings. The molecule has 4 heteroatoms. The van der Waals surface area contributed by atoms with Gasteiger partial charge < -0.3 is 0 Å². The Bertz CT molecular complexity index is 587. The van der Waals surface area contributed by atoms with Crippen LogP contribution < -0.4 is 0 Å². The molecule has 1 aromatic carbocycles. The highest BCUT2D eigenvalue weighted by molar-refractivity contribution is 5.95. The molecule has 3 nitrogen and oxygen atoms in total. The van der Waals surface area contributed by atoms with Gasteiger partial charge >= 0.3 is 0 Å². The Morgan fingerprint density at radius 3 is 2.59 bits per heavy atom. The summed E-state index contributed by atoms with van der Waals surface area (Å²) in [5, 5.41) is 4.07. The predicted octanol–water partition coefficient (Wildman–Crippen LogP) is 2.74. The van der Waals surface area contributed by atoms with Gasteiger partial charge in [0.2, 0.25) is 0 Å². The molecule has 0 aliphatic heterocycles. The Hall–Kier alpha value is -1.97. The largest absolute Gasteiger partial charge is 0.295 e. The van der Waals surface area contributed by atoms with Crippen molar-refractivity contribution in [2.75, 3.05) is 0 Å². The molecule has 0 saturated heterocycles. The first kappa shape index (κ1) is 11.5. The lowest BCUT2D eigenvalue weighted by Gasteiger charge is -2.05. The van der Waals surface area contributed by atoms with E-state index in [1.807, 2.05) is 6.92 Å². The monoisotopic (exact) mass is 232 g/mol. The summed E-state index contributed by atoms with van der Waals surface area (Å²) in [4.78, 5) is 11.3. The Morgan fingerprint density at radius 1 is 1.35 bits per heavy atom. The second-order valence-corrected chi connectivity index (χ2v) is 4.02. The molecular formula is C13H13FN2O. The van der Waals surface area contributed by atoms with Crippen LogP contribution in [-0.2, 0) is 7.05 Å². The van der Waals surface area contributed by atoms with Crippen LogP contribution in [0.1, 0.15) is 23.0 Å². The number of carbonyl (C=O) groups is 1. The molecule has 0 saturated carbocycles. The number of aromatic nitrogens is 2. The van der Waals surface area contributed by atoms with Crippen LogP contribution in [0.2, 0.25) is 0 Å². The Morgan fingerprint density at radius 2 is 2.06 bits per heavy atom. The lowest BCUT2D eigenvalue weighted by atomic mass is 10.0. The van der Waals surface area contributed by atoms with E-state index in [4.69, 9.17) is 0 Å². The second-order valence-electron chi connectivity index (χ2n) is 4.02. The van der Waals surface area contributed by atoms with Gasteiger partial charge in [0.25, 0.3) is 0 Å².